The van der Waals surface area contributed by atoms with Crippen molar-refractivity contribution in [3.63, 3.8) is 0 Å². The minimum Gasteiger partial charge on any atom is -0.370 e. The maximum absolute atomic E-state index is 10.8. The molecular formula is C20H35NO. The van der Waals surface area contributed by atoms with Crippen LogP contribution in [0.2, 0.25) is 0 Å². The number of primary amides is 1. The first-order chi connectivity index (χ1) is 10.3. The number of carbonyl (C=O) groups is 1. The van der Waals surface area contributed by atoms with Crippen LogP contribution in [-0.2, 0) is 4.79 Å². The average molecular weight is 306 g/mol. The molecule has 1 amide bonds. The molecule has 2 nitrogen and oxygen atoms in total. The van der Waals surface area contributed by atoms with Gasteiger partial charge in [0.1, 0.15) is 0 Å². The lowest BCUT2D eigenvalue weighted by Crippen LogP contribution is -2.14. The maximum atomic E-state index is 10.8. The third-order valence-corrected chi connectivity index (χ3v) is 3.82. The number of allylic oxidation sites excluding steroid dienone is 6. The van der Waals surface area contributed by atoms with Crippen molar-refractivity contribution in [3.8, 4) is 0 Å². The van der Waals surface area contributed by atoms with Crippen LogP contribution in [0.1, 0.15) is 79.6 Å². The molecule has 1 unspecified atom stereocenters. The Morgan fingerprint density at radius 2 is 1.41 bits per heavy atom. The molecule has 22 heavy (non-hydrogen) atoms. The molecule has 1 atom stereocenters. The molecule has 0 aromatic carbocycles. The van der Waals surface area contributed by atoms with Gasteiger partial charge in [-0.2, -0.15) is 0 Å². The second kappa shape index (κ2) is 12.3. The van der Waals surface area contributed by atoms with Crippen LogP contribution in [-0.4, -0.2) is 5.91 Å². The molecule has 0 fully saturated rings. The molecule has 0 aromatic rings. The highest BCUT2D eigenvalue weighted by Crippen LogP contribution is 2.14. The van der Waals surface area contributed by atoms with Crippen LogP contribution in [0.15, 0.2) is 34.9 Å². The van der Waals surface area contributed by atoms with Gasteiger partial charge < -0.3 is 5.73 Å². The van der Waals surface area contributed by atoms with E-state index in [2.05, 4.69) is 52.8 Å². The Bertz CT molecular complexity index is 411. The summed E-state index contributed by atoms with van der Waals surface area (Å²) in [6.07, 6.45) is 14.1. The summed E-state index contributed by atoms with van der Waals surface area (Å²) in [6, 6.07) is 0. The summed E-state index contributed by atoms with van der Waals surface area (Å²) in [7, 11) is 0. The Morgan fingerprint density at radius 3 is 1.91 bits per heavy atom. The minimum absolute atomic E-state index is 0.193. The normalized spacial score (nSPS) is 13.9. The molecule has 0 saturated heterocycles. The van der Waals surface area contributed by atoms with E-state index in [9.17, 15) is 4.79 Å². The van der Waals surface area contributed by atoms with Crippen molar-refractivity contribution >= 4 is 5.91 Å². The smallest absolute Gasteiger partial charge is 0.217 e. The molecule has 0 aliphatic rings. The molecule has 126 valence electrons. The molecule has 0 spiro atoms. The summed E-state index contributed by atoms with van der Waals surface area (Å²) < 4.78 is 0. The monoisotopic (exact) mass is 305 g/mol. The lowest BCUT2D eigenvalue weighted by Gasteiger charge is -2.07. The second-order valence-electron chi connectivity index (χ2n) is 6.81. The summed E-state index contributed by atoms with van der Waals surface area (Å²) in [6.45, 7) is 10.8. The minimum atomic E-state index is -0.193. The summed E-state index contributed by atoms with van der Waals surface area (Å²) in [5.74, 6) is 0.195. The van der Waals surface area contributed by atoms with Gasteiger partial charge in [-0.3, -0.25) is 4.79 Å². The lowest BCUT2D eigenvalue weighted by atomic mass is 9.99. The molecule has 0 aliphatic carbocycles. The van der Waals surface area contributed by atoms with E-state index in [0.717, 1.165) is 32.1 Å². The number of carbonyl (C=O) groups excluding carboxylic acids is 1. The van der Waals surface area contributed by atoms with Gasteiger partial charge in [0, 0.05) is 6.42 Å². The van der Waals surface area contributed by atoms with Crippen LogP contribution in [0, 0.1) is 5.92 Å². The quantitative estimate of drug-likeness (QED) is 0.489. The largest absolute Gasteiger partial charge is 0.370 e. The molecule has 0 radical (unpaired) electrons. The Hall–Kier alpha value is -1.31. The predicted molar refractivity (Wildman–Crippen MR) is 97.6 cm³/mol. The van der Waals surface area contributed by atoms with E-state index in [1.165, 1.54) is 23.1 Å². The summed E-state index contributed by atoms with van der Waals surface area (Å²) in [5, 5.41) is 0. The zero-order valence-corrected chi connectivity index (χ0v) is 15.2. The second-order valence-corrected chi connectivity index (χ2v) is 6.81. The van der Waals surface area contributed by atoms with E-state index < -0.39 is 0 Å². The number of nitrogens with two attached hydrogens (primary N) is 1. The molecule has 0 rings (SSSR count). The van der Waals surface area contributed by atoms with Gasteiger partial charge in [-0.05, 0) is 72.1 Å². The highest BCUT2D eigenvalue weighted by atomic mass is 16.1. The fourth-order valence-corrected chi connectivity index (χ4v) is 2.40. The van der Waals surface area contributed by atoms with Crippen LogP contribution in [0.5, 0.6) is 0 Å². The van der Waals surface area contributed by atoms with Crippen molar-refractivity contribution in [2.75, 3.05) is 0 Å². The standard InChI is InChI=1S/C20H35NO/c1-16(2)9-6-10-17(3)11-7-12-18(4)13-8-14-19(5)15-20(21)22/h9,11,13,19H,6-8,10,12,14-15H2,1-5H3,(H2,21,22). The summed E-state index contributed by atoms with van der Waals surface area (Å²) in [5.41, 5.74) is 9.54. The first-order valence-electron chi connectivity index (χ1n) is 8.54. The lowest BCUT2D eigenvalue weighted by molar-refractivity contribution is -0.118. The third kappa shape index (κ3) is 13.7. The number of rotatable bonds is 11. The number of amides is 1. The van der Waals surface area contributed by atoms with E-state index in [0.29, 0.717) is 12.3 Å². The summed E-state index contributed by atoms with van der Waals surface area (Å²) >= 11 is 0. The predicted octanol–water partition coefficient (Wildman–Crippen LogP) is 5.70. The molecule has 2 N–H and O–H groups in total. The van der Waals surface area contributed by atoms with Gasteiger partial charge in [0.15, 0.2) is 0 Å². The molecular weight excluding hydrogens is 270 g/mol. The van der Waals surface area contributed by atoms with Crippen LogP contribution < -0.4 is 5.73 Å². The van der Waals surface area contributed by atoms with E-state index in [4.69, 9.17) is 5.73 Å². The van der Waals surface area contributed by atoms with Crippen LogP contribution in [0.25, 0.3) is 0 Å². The van der Waals surface area contributed by atoms with Crippen LogP contribution >= 0.6 is 0 Å². The highest BCUT2D eigenvalue weighted by molar-refractivity contribution is 5.73. The average Bonchev–Trinajstić information content (AvgIpc) is 2.37. The van der Waals surface area contributed by atoms with Crippen molar-refractivity contribution in [2.45, 2.75) is 79.6 Å². The first kappa shape index (κ1) is 20.7. The van der Waals surface area contributed by atoms with E-state index in [1.54, 1.807) is 0 Å². The zero-order chi connectivity index (χ0) is 17.0. The molecule has 0 heterocycles. The van der Waals surface area contributed by atoms with E-state index in [-0.39, 0.29) is 5.91 Å². The van der Waals surface area contributed by atoms with Gasteiger partial charge in [-0.15, -0.1) is 0 Å². The number of hydrogen-bond acceptors (Lipinski definition) is 1. The van der Waals surface area contributed by atoms with Crippen LogP contribution in [0.4, 0.5) is 0 Å². The van der Waals surface area contributed by atoms with E-state index in [1.807, 2.05) is 0 Å². The fraction of sp³-hybridized carbons (Fsp3) is 0.650. The Kier molecular flexibility index (Phi) is 11.5. The molecule has 0 bridgehead atoms. The summed E-state index contributed by atoms with van der Waals surface area (Å²) in [4.78, 5) is 10.8. The fourth-order valence-electron chi connectivity index (χ4n) is 2.40. The Labute approximate surface area is 137 Å². The van der Waals surface area contributed by atoms with Crippen molar-refractivity contribution < 1.29 is 4.79 Å². The zero-order valence-electron chi connectivity index (χ0n) is 15.2. The SMILES string of the molecule is CC(C)=CCCC(C)=CCCC(C)=CCCC(C)CC(N)=O. The Morgan fingerprint density at radius 1 is 0.909 bits per heavy atom. The highest BCUT2D eigenvalue weighted by Gasteiger charge is 2.04. The topological polar surface area (TPSA) is 43.1 Å². The van der Waals surface area contributed by atoms with Crippen molar-refractivity contribution in [2.24, 2.45) is 11.7 Å². The maximum Gasteiger partial charge on any atom is 0.217 e. The molecule has 0 saturated carbocycles. The Balaban J connectivity index is 3.91. The van der Waals surface area contributed by atoms with Gasteiger partial charge in [0.25, 0.3) is 0 Å². The van der Waals surface area contributed by atoms with Gasteiger partial charge in [0.05, 0.1) is 0 Å². The van der Waals surface area contributed by atoms with Crippen molar-refractivity contribution in [1.82, 2.24) is 0 Å². The van der Waals surface area contributed by atoms with Crippen molar-refractivity contribution in [1.29, 1.82) is 0 Å². The molecule has 0 aromatic heterocycles. The third-order valence-electron chi connectivity index (χ3n) is 3.82. The number of hydrogen-bond donors (Lipinski definition) is 1. The van der Waals surface area contributed by atoms with Crippen LogP contribution in [0.3, 0.4) is 0 Å². The van der Waals surface area contributed by atoms with Crippen molar-refractivity contribution in [3.05, 3.63) is 34.9 Å². The molecule has 2 heteroatoms. The van der Waals surface area contributed by atoms with E-state index >= 15 is 0 Å². The van der Waals surface area contributed by atoms with Gasteiger partial charge in [0.2, 0.25) is 5.91 Å². The van der Waals surface area contributed by atoms with Gasteiger partial charge in [-0.25, -0.2) is 0 Å². The first-order valence-corrected chi connectivity index (χ1v) is 8.54. The molecule has 0 aliphatic heterocycles. The van der Waals surface area contributed by atoms with Gasteiger partial charge in [-0.1, -0.05) is 41.9 Å². The van der Waals surface area contributed by atoms with Gasteiger partial charge >= 0.3 is 0 Å².